The number of nitrogens with one attached hydrogen (secondary N) is 2. The molecule has 0 saturated carbocycles. The van der Waals surface area contributed by atoms with Crippen molar-refractivity contribution in [2.75, 3.05) is 32.4 Å². The first-order valence-electron chi connectivity index (χ1n) is 6.88. The summed E-state index contributed by atoms with van der Waals surface area (Å²) in [5.74, 6) is 0.0433. The molecule has 7 heteroatoms. The van der Waals surface area contributed by atoms with Crippen LogP contribution in [0.3, 0.4) is 0 Å². The van der Waals surface area contributed by atoms with Crippen LogP contribution in [0.2, 0.25) is 0 Å². The van der Waals surface area contributed by atoms with E-state index in [9.17, 15) is 13.2 Å². The van der Waals surface area contributed by atoms with Crippen molar-refractivity contribution in [1.82, 2.24) is 14.9 Å². The number of amides is 1. The van der Waals surface area contributed by atoms with E-state index >= 15 is 0 Å². The lowest BCUT2D eigenvalue weighted by molar-refractivity contribution is -0.121. The van der Waals surface area contributed by atoms with Crippen LogP contribution in [0, 0.1) is 0 Å². The number of sulfonamides is 1. The van der Waals surface area contributed by atoms with Gasteiger partial charge in [0.25, 0.3) is 0 Å². The number of carbonyl (C=O) groups is 1. The van der Waals surface area contributed by atoms with E-state index in [4.69, 9.17) is 0 Å². The summed E-state index contributed by atoms with van der Waals surface area (Å²) in [4.78, 5) is 11.6. The van der Waals surface area contributed by atoms with Crippen molar-refractivity contribution in [2.24, 2.45) is 0 Å². The van der Waals surface area contributed by atoms with E-state index in [-0.39, 0.29) is 5.91 Å². The standard InChI is InChI=1S/C12H25N3O3S/c1-3-15(19(2,17)18)9-5-8-14-12(16)10-11-6-4-7-13-11/h11,13H,3-10H2,1-2H3,(H,14,16). The number of hydrogen-bond acceptors (Lipinski definition) is 4. The summed E-state index contributed by atoms with van der Waals surface area (Å²) < 4.78 is 24.1. The molecule has 1 heterocycles. The molecule has 6 nitrogen and oxygen atoms in total. The van der Waals surface area contributed by atoms with Gasteiger partial charge in [0.15, 0.2) is 0 Å². The molecule has 112 valence electrons. The normalized spacial score (nSPS) is 19.8. The average Bonchev–Trinajstić information content (AvgIpc) is 2.80. The zero-order valence-corrected chi connectivity index (χ0v) is 12.6. The van der Waals surface area contributed by atoms with Gasteiger partial charge in [-0.15, -0.1) is 0 Å². The van der Waals surface area contributed by atoms with Gasteiger partial charge in [0.05, 0.1) is 6.26 Å². The molecule has 0 aromatic rings. The van der Waals surface area contributed by atoms with Gasteiger partial charge in [-0.25, -0.2) is 12.7 Å². The molecule has 1 aliphatic rings. The molecule has 0 aromatic heterocycles. The minimum atomic E-state index is -3.12. The van der Waals surface area contributed by atoms with Gasteiger partial charge in [-0.2, -0.15) is 0 Å². The van der Waals surface area contributed by atoms with Gasteiger partial charge in [0, 0.05) is 32.1 Å². The summed E-state index contributed by atoms with van der Waals surface area (Å²) in [7, 11) is -3.12. The van der Waals surface area contributed by atoms with Crippen LogP contribution in [-0.4, -0.2) is 57.1 Å². The molecule has 19 heavy (non-hydrogen) atoms. The van der Waals surface area contributed by atoms with E-state index in [2.05, 4.69) is 10.6 Å². The average molecular weight is 291 g/mol. The second kappa shape index (κ2) is 7.81. The lowest BCUT2D eigenvalue weighted by Gasteiger charge is -2.17. The Bertz CT molecular complexity index is 378. The predicted octanol–water partition coefficient (Wildman–Crippen LogP) is -0.0837. The third kappa shape index (κ3) is 6.35. The molecular weight excluding hydrogens is 266 g/mol. The highest BCUT2D eigenvalue weighted by Crippen LogP contribution is 2.08. The van der Waals surface area contributed by atoms with Crippen LogP contribution in [-0.2, 0) is 14.8 Å². The fourth-order valence-corrected chi connectivity index (χ4v) is 3.20. The largest absolute Gasteiger partial charge is 0.356 e. The minimum absolute atomic E-state index is 0.0433. The van der Waals surface area contributed by atoms with Crippen molar-refractivity contribution >= 4 is 15.9 Å². The van der Waals surface area contributed by atoms with Gasteiger partial charge >= 0.3 is 0 Å². The highest BCUT2D eigenvalue weighted by Gasteiger charge is 2.17. The first kappa shape index (κ1) is 16.4. The van der Waals surface area contributed by atoms with Gasteiger partial charge in [-0.05, 0) is 25.8 Å². The molecule has 1 atom stereocenters. The molecule has 1 amide bonds. The smallest absolute Gasteiger partial charge is 0.221 e. The Morgan fingerprint density at radius 3 is 2.74 bits per heavy atom. The van der Waals surface area contributed by atoms with Gasteiger partial charge in [0.2, 0.25) is 15.9 Å². The number of carbonyl (C=O) groups excluding carboxylic acids is 1. The summed E-state index contributed by atoms with van der Waals surface area (Å²) in [5, 5.41) is 6.12. The maximum Gasteiger partial charge on any atom is 0.221 e. The maximum absolute atomic E-state index is 11.6. The molecule has 0 spiro atoms. The highest BCUT2D eigenvalue weighted by molar-refractivity contribution is 7.88. The lowest BCUT2D eigenvalue weighted by Crippen LogP contribution is -2.35. The minimum Gasteiger partial charge on any atom is -0.356 e. The zero-order chi connectivity index (χ0) is 14.3. The molecule has 0 aromatic carbocycles. The number of rotatable bonds is 8. The van der Waals surface area contributed by atoms with E-state index in [1.54, 1.807) is 0 Å². The van der Waals surface area contributed by atoms with Gasteiger partial charge in [-0.3, -0.25) is 4.79 Å². The predicted molar refractivity (Wildman–Crippen MR) is 75.4 cm³/mol. The van der Waals surface area contributed by atoms with E-state index in [1.165, 1.54) is 10.6 Å². The second-order valence-corrected chi connectivity index (χ2v) is 6.94. The first-order valence-corrected chi connectivity index (χ1v) is 8.73. The van der Waals surface area contributed by atoms with Crippen molar-refractivity contribution in [3.63, 3.8) is 0 Å². The van der Waals surface area contributed by atoms with Gasteiger partial charge in [0.1, 0.15) is 0 Å². The Balaban J connectivity index is 2.14. The Morgan fingerprint density at radius 2 is 2.21 bits per heavy atom. The molecule has 0 bridgehead atoms. The molecule has 1 saturated heterocycles. The zero-order valence-electron chi connectivity index (χ0n) is 11.8. The van der Waals surface area contributed by atoms with E-state index < -0.39 is 10.0 Å². The van der Waals surface area contributed by atoms with Crippen molar-refractivity contribution in [3.05, 3.63) is 0 Å². The van der Waals surface area contributed by atoms with E-state index in [0.717, 1.165) is 19.4 Å². The van der Waals surface area contributed by atoms with Crippen molar-refractivity contribution in [2.45, 2.75) is 38.6 Å². The van der Waals surface area contributed by atoms with E-state index in [1.807, 2.05) is 6.92 Å². The third-order valence-corrected chi connectivity index (χ3v) is 4.70. The number of nitrogens with zero attached hydrogens (tertiary/aromatic N) is 1. The summed E-state index contributed by atoms with van der Waals surface area (Å²) in [6.07, 6.45) is 4.57. The Hall–Kier alpha value is -0.660. The summed E-state index contributed by atoms with van der Waals surface area (Å²) in [6.45, 7) is 4.26. The Morgan fingerprint density at radius 1 is 1.47 bits per heavy atom. The Kier molecular flexibility index (Phi) is 6.74. The van der Waals surface area contributed by atoms with Crippen molar-refractivity contribution in [1.29, 1.82) is 0 Å². The van der Waals surface area contributed by atoms with Crippen LogP contribution >= 0.6 is 0 Å². The fraction of sp³-hybridized carbons (Fsp3) is 0.917. The maximum atomic E-state index is 11.6. The van der Waals surface area contributed by atoms with Gasteiger partial charge < -0.3 is 10.6 Å². The SMILES string of the molecule is CCN(CCCNC(=O)CC1CCCN1)S(C)(=O)=O. The third-order valence-electron chi connectivity index (χ3n) is 3.32. The molecule has 0 radical (unpaired) electrons. The molecule has 0 aliphatic carbocycles. The van der Waals surface area contributed by atoms with Crippen LogP contribution in [0.5, 0.6) is 0 Å². The molecule has 1 rings (SSSR count). The van der Waals surface area contributed by atoms with Gasteiger partial charge in [-0.1, -0.05) is 6.92 Å². The summed E-state index contributed by atoms with van der Waals surface area (Å²) in [5.41, 5.74) is 0. The monoisotopic (exact) mass is 291 g/mol. The molecule has 2 N–H and O–H groups in total. The van der Waals surface area contributed by atoms with Crippen molar-refractivity contribution in [3.8, 4) is 0 Å². The Labute approximate surface area is 116 Å². The topological polar surface area (TPSA) is 78.5 Å². The summed E-state index contributed by atoms with van der Waals surface area (Å²) >= 11 is 0. The summed E-state index contributed by atoms with van der Waals surface area (Å²) in [6, 6.07) is 0.308. The molecule has 1 unspecified atom stereocenters. The molecular formula is C12H25N3O3S. The quantitative estimate of drug-likeness (QED) is 0.613. The van der Waals surface area contributed by atoms with Crippen LogP contribution in [0.4, 0.5) is 0 Å². The first-order chi connectivity index (χ1) is 8.93. The number of hydrogen-bond donors (Lipinski definition) is 2. The van der Waals surface area contributed by atoms with Crippen LogP contribution in [0.25, 0.3) is 0 Å². The van der Waals surface area contributed by atoms with Crippen LogP contribution in [0.15, 0.2) is 0 Å². The van der Waals surface area contributed by atoms with E-state index in [0.29, 0.717) is 38.5 Å². The lowest BCUT2D eigenvalue weighted by atomic mass is 10.1. The van der Waals surface area contributed by atoms with Crippen molar-refractivity contribution < 1.29 is 13.2 Å². The van der Waals surface area contributed by atoms with Crippen LogP contribution in [0.1, 0.15) is 32.6 Å². The highest BCUT2D eigenvalue weighted by atomic mass is 32.2. The molecule has 1 aliphatic heterocycles. The molecule has 1 fully saturated rings. The van der Waals surface area contributed by atoms with Crippen LogP contribution < -0.4 is 10.6 Å². The fourth-order valence-electron chi connectivity index (χ4n) is 2.27. The second-order valence-electron chi connectivity index (χ2n) is 4.96.